The molecule has 3 aromatic rings. The van der Waals surface area contributed by atoms with Crippen LogP contribution in [0.3, 0.4) is 0 Å². The average molecular weight is 523 g/mol. The molecule has 0 saturated carbocycles. The number of alkyl halides is 3. The van der Waals surface area contributed by atoms with Gasteiger partial charge in [0.2, 0.25) is 5.91 Å². The van der Waals surface area contributed by atoms with Crippen LogP contribution in [0, 0.1) is 19.7 Å². The van der Waals surface area contributed by atoms with Gasteiger partial charge >= 0.3 is 6.18 Å². The van der Waals surface area contributed by atoms with E-state index in [0.29, 0.717) is 5.69 Å². The van der Waals surface area contributed by atoms with E-state index in [1.54, 1.807) is 19.1 Å². The minimum atomic E-state index is -4.59. The number of amides is 1. The molecule has 0 aliphatic heterocycles. The monoisotopic (exact) mass is 521 g/mol. The summed E-state index contributed by atoms with van der Waals surface area (Å²) in [4.78, 5) is 12.3. The van der Waals surface area contributed by atoms with Crippen molar-refractivity contribution in [2.75, 3.05) is 5.32 Å². The van der Waals surface area contributed by atoms with Crippen LogP contribution < -0.4 is 5.32 Å². The fourth-order valence-electron chi connectivity index (χ4n) is 2.90. The first-order chi connectivity index (χ1) is 14.5. The zero-order chi connectivity index (χ0) is 22.9. The van der Waals surface area contributed by atoms with E-state index >= 15 is 0 Å². The molecule has 6 nitrogen and oxygen atoms in total. The number of nitrogens with zero attached hydrogens (tertiary/aromatic N) is 4. The number of nitrogens with one attached hydrogen (secondary N) is 1. The van der Waals surface area contributed by atoms with Crippen LogP contribution in [-0.2, 0) is 24.1 Å². The quantitative estimate of drug-likeness (QED) is 0.444. The molecular weight excluding hydrogens is 506 g/mol. The molecule has 3 rings (SSSR count). The second-order valence-corrected chi connectivity index (χ2v) is 8.00. The standard InChI is InChI=1S/C19H17BrClF4N5O/c1-10-8-15(27-30(10)9-12-13(21)4-3-5-14(12)22)26-16(31)6-7-29-11(2)17(20)18(28-29)19(23,24)25/h3-5,8H,6-7,9H2,1-2H3,(H,26,27,31). The lowest BCUT2D eigenvalue weighted by atomic mass is 10.2. The highest BCUT2D eigenvalue weighted by atomic mass is 79.9. The normalized spacial score (nSPS) is 11.7. The van der Waals surface area contributed by atoms with Crippen LogP contribution in [0.2, 0.25) is 5.02 Å². The third kappa shape index (κ3) is 5.27. The molecule has 0 spiro atoms. The maximum Gasteiger partial charge on any atom is 0.436 e. The van der Waals surface area contributed by atoms with E-state index in [4.69, 9.17) is 11.6 Å². The Hall–Kier alpha value is -2.40. The van der Waals surface area contributed by atoms with Gasteiger partial charge in [0.1, 0.15) is 5.82 Å². The molecule has 2 aromatic heterocycles. The molecule has 31 heavy (non-hydrogen) atoms. The van der Waals surface area contributed by atoms with Crippen LogP contribution >= 0.6 is 27.5 Å². The van der Waals surface area contributed by atoms with Crippen molar-refractivity contribution in [3.63, 3.8) is 0 Å². The summed E-state index contributed by atoms with van der Waals surface area (Å²) in [5, 5.41) is 10.6. The Bertz CT molecular complexity index is 1110. The first kappa shape index (κ1) is 23.3. The van der Waals surface area contributed by atoms with Gasteiger partial charge < -0.3 is 5.32 Å². The van der Waals surface area contributed by atoms with Crippen molar-refractivity contribution in [1.29, 1.82) is 0 Å². The Morgan fingerprint density at radius 3 is 2.55 bits per heavy atom. The van der Waals surface area contributed by atoms with Gasteiger partial charge in [-0.25, -0.2) is 4.39 Å². The first-order valence-corrected chi connectivity index (χ1v) is 10.2. The summed E-state index contributed by atoms with van der Waals surface area (Å²) in [6, 6.07) is 5.97. The number of aryl methyl sites for hydroxylation is 2. The van der Waals surface area contributed by atoms with E-state index in [1.807, 2.05) is 0 Å². The summed E-state index contributed by atoms with van der Waals surface area (Å²) in [6.45, 7) is 3.24. The average Bonchev–Trinajstić information content (AvgIpc) is 3.16. The zero-order valence-corrected chi connectivity index (χ0v) is 18.7. The van der Waals surface area contributed by atoms with Crippen LogP contribution in [0.4, 0.5) is 23.4 Å². The van der Waals surface area contributed by atoms with Crippen LogP contribution in [0.25, 0.3) is 0 Å². The minimum absolute atomic E-state index is 0.0448. The van der Waals surface area contributed by atoms with Crippen molar-refractivity contribution in [2.45, 2.75) is 39.5 Å². The number of rotatable bonds is 6. The van der Waals surface area contributed by atoms with E-state index in [0.717, 1.165) is 4.68 Å². The topological polar surface area (TPSA) is 64.7 Å². The molecule has 1 amide bonds. The van der Waals surface area contributed by atoms with Gasteiger partial charge in [-0.1, -0.05) is 17.7 Å². The number of hydrogen-bond donors (Lipinski definition) is 1. The third-order valence-electron chi connectivity index (χ3n) is 4.57. The van der Waals surface area contributed by atoms with Crippen molar-refractivity contribution >= 4 is 39.3 Å². The molecule has 0 unspecified atom stereocenters. The Balaban J connectivity index is 1.65. The minimum Gasteiger partial charge on any atom is -0.309 e. The smallest absolute Gasteiger partial charge is 0.309 e. The summed E-state index contributed by atoms with van der Waals surface area (Å²) < 4.78 is 55.3. The van der Waals surface area contributed by atoms with Gasteiger partial charge in [0.05, 0.1) is 23.3 Å². The SMILES string of the molecule is Cc1cc(NC(=O)CCn2nc(C(F)(F)F)c(Br)c2C)nn1Cc1c(F)cccc1Cl. The van der Waals surface area contributed by atoms with Gasteiger partial charge in [-0.15, -0.1) is 0 Å². The van der Waals surface area contributed by atoms with E-state index < -0.39 is 23.6 Å². The lowest BCUT2D eigenvalue weighted by Gasteiger charge is -2.08. The highest BCUT2D eigenvalue weighted by Gasteiger charge is 2.37. The van der Waals surface area contributed by atoms with Gasteiger partial charge in [-0.3, -0.25) is 14.2 Å². The highest BCUT2D eigenvalue weighted by Crippen LogP contribution is 2.35. The molecule has 166 valence electrons. The van der Waals surface area contributed by atoms with Crippen LogP contribution in [-0.4, -0.2) is 25.5 Å². The molecule has 12 heteroatoms. The Morgan fingerprint density at radius 2 is 1.94 bits per heavy atom. The number of carbonyl (C=O) groups excluding carboxylic acids is 1. The Kier molecular flexibility index (Phi) is 6.75. The second kappa shape index (κ2) is 8.99. The van der Waals surface area contributed by atoms with Gasteiger partial charge in [-0.2, -0.15) is 23.4 Å². The Labute approximate surface area is 188 Å². The summed E-state index contributed by atoms with van der Waals surface area (Å²) >= 11 is 8.94. The number of carbonyl (C=O) groups is 1. The lowest BCUT2D eigenvalue weighted by Crippen LogP contribution is -2.16. The fourth-order valence-corrected chi connectivity index (χ4v) is 3.63. The number of benzene rings is 1. The molecule has 0 atom stereocenters. The molecule has 1 N–H and O–H groups in total. The predicted molar refractivity (Wildman–Crippen MR) is 110 cm³/mol. The predicted octanol–water partition coefficient (Wildman–Crippen LogP) is 5.35. The lowest BCUT2D eigenvalue weighted by molar-refractivity contribution is -0.142. The second-order valence-electron chi connectivity index (χ2n) is 6.80. The van der Waals surface area contributed by atoms with Crippen LogP contribution in [0.1, 0.15) is 29.1 Å². The highest BCUT2D eigenvalue weighted by molar-refractivity contribution is 9.10. The van der Waals surface area contributed by atoms with E-state index in [2.05, 4.69) is 31.4 Å². The van der Waals surface area contributed by atoms with Crippen LogP contribution in [0.15, 0.2) is 28.7 Å². The van der Waals surface area contributed by atoms with Gasteiger partial charge in [-0.05, 0) is 41.9 Å². The van der Waals surface area contributed by atoms with Crippen molar-refractivity contribution in [3.8, 4) is 0 Å². The number of aromatic nitrogens is 4. The summed E-state index contributed by atoms with van der Waals surface area (Å²) in [5.74, 6) is -0.676. The first-order valence-electron chi connectivity index (χ1n) is 9.04. The van der Waals surface area contributed by atoms with E-state index in [9.17, 15) is 22.4 Å². The molecule has 0 radical (unpaired) electrons. The molecule has 2 heterocycles. The molecular formula is C19H17BrClF4N5O. The van der Waals surface area contributed by atoms with Crippen molar-refractivity contribution in [1.82, 2.24) is 19.6 Å². The van der Waals surface area contributed by atoms with Gasteiger partial charge in [0.25, 0.3) is 0 Å². The third-order valence-corrected chi connectivity index (χ3v) is 5.87. The summed E-state index contributed by atoms with van der Waals surface area (Å²) in [6.07, 6.45) is -4.71. The van der Waals surface area contributed by atoms with Crippen molar-refractivity contribution < 1.29 is 22.4 Å². The summed E-state index contributed by atoms with van der Waals surface area (Å²) in [7, 11) is 0. The van der Waals surface area contributed by atoms with Crippen molar-refractivity contribution in [3.05, 3.63) is 62.2 Å². The van der Waals surface area contributed by atoms with Gasteiger partial charge in [0.15, 0.2) is 11.5 Å². The van der Waals surface area contributed by atoms with Crippen LogP contribution in [0.5, 0.6) is 0 Å². The molecule has 0 aliphatic carbocycles. The van der Waals surface area contributed by atoms with E-state index in [1.165, 1.54) is 23.7 Å². The zero-order valence-electron chi connectivity index (χ0n) is 16.4. The maximum absolute atomic E-state index is 14.0. The maximum atomic E-state index is 14.0. The fraction of sp³-hybridized carbons (Fsp3) is 0.316. The molecule has 0 saturated heterocycles. The number of hydrogen-bond acceptors (Lipinski definition) is 3. The molecule has 1 aromatic carbocycles. The molecule has 0 bridgehead atoms. The summed E-state index contributed by atoms with van der Waals surface area (Å²) in [5.41, 5.74) is 0.165. The molecule has 0 aliphatic rings. The molecule has 0 fully saturated rings. The Morgan fingerprint density at radius 1 is 1.23 bits per heavy atom. The van der Waals surface area contributed by atoms with E-state index in [-0.39, 0.29) is 46.1 Å². The largest absolute Gasteiger partial charge is 0.436 e. The van der Waals surface area contributed by atoms with Gasteiger partial charge in [0, 0.05) is 28.8 Å². The van der Waals surface area contributed by atoms with Crippen molar-refractivity contribution in [2.24, 2.45) is 0 Å². The number of anilines is 1. The number of halogens is 6.